The molecule has 1 amide bonds. The van der Waals surface area contributed by atoms with Gasteiger partial charge in [-0.3, -0.25) is 4.79 Å². The fourth-order valence-electron chi connectivity index (χ4n) is 2.77. The number of nitrogens with one attached hydrogen (secondary N) is 1. The van der Waals surface area contributed by atoms with Gasteiger partial charge in [0, 0.05) is 25.3 Å². The zero-order chi connectivity index (χ0) is 15.0. The van der Waals surface area contributed by atoms with Gasteiger partial charge in [-0.1, -0.05) is 0 Å². The molecule has 112 valence electrons. The van der Waals surface area contributed by atoms with Gasteiger partial charge in [-0.15, -0.1) is 11.6 Å². The highest BCUT2D eigenvalue weighted by Gasteiger charge is 2.26. The number of imidazole rings is 1. The number of piperidine rings is 1. The molecule has 2 aromatic rings. The molecule has 0 bridgehead atoms. The molecular weight excluding hydrogens is 300 g/mol. The van der Waals surface area contributed by atoms with Crippen LogP contribution < -0.4 is 5.32 Å². The average Bonchev–Trinajstić information content (AvgIpc) is 2.83. The summed E-state index contributed by atoms with van der Waals surface area (Å²) in [6.07, 6.45) is 1.39. The number of fused-ring (bicyclic) bond motifs is 1. The molecule has 1 fully saturated rings. The molecule has 4 nitrogen and oxygen atoms in total. The Morgan fingerprint density at radius 3 is 2.90 bits per heavy atom. The standard InChI is InChI=1S/C14H14ClF2N3O/c15-6-5-11-19-10-3-2-9(16)13(17)14(10)20(11)8-1-4-12(21)18-7-8/h2-3,8H,1,4-7H2,(H,18,21). The molecule has 1 N–H and O–H groups in total. The van der Waals surface area contributed by atoms with Crippen molar-refractivity contribution in [2.45, 2.75) is 25.3 Å². The Hall–Kier alpha value is -1.69. The van der Waals surface area contributed by atoms with Crippen molar-refractivity contribution in [3.8, 4) is 0 Å². The quantitative estimate of drug-likeness (QED) is 0.885. The van der Waals surface area contributed by atoms with E-state index in [1.807, 2.05) is 0 Å². The van der Waals surface area contributed by atoms with Crippen LogP contribution in [0, 0.1) is 11.6 Å². The lowest BCUT2D eigenvalue weighted by Gasteiger charge is -2.26. The first kappa shape index (κ1) is 14.3. The number of hydrogen-bond donors (Lipinski definition) is 1. The molecule has 1 unspecified atom stereocenters. The van der Waals surface area contributed by atoms with Crippen molar-refractivity contribution in [1.29, 1.82) is 0 Å². The second-order valence-electron chi connectivity index (χ2n) is 5.06. The van der Waals surface area contributed by atoms with E-state index in [1.165, 1.54) is 6.07 Å². The number of alkyl halides is 1. The molecular formula is C14H14ClF2N3O. The van der Waals surface area contributed by atoms with Gasteiger partial charge in [0.2, 0.25) is 5.91 Å². The monoisotopic (exact) mass is 313 g/mol. The van der Waals surface area contributed by atoms with E-state index in [-0.39, 0.29) is 17.5 Å². The van der Waals surface area contributed by atoms with E-state index in [0.717, 1.165) is 6.07 Å². The minimum absolute atomic E-state index is 0.0267. The highest BCUT2D eigenvalue weighted by molar-refractivity contribution is 6.17. The zero-order valence-corrected chi connectivity index (χ0v) is 12.0. The lowest BCUT2D eigenvalue weighted by atomic mass is 10.1. The summed E-state index contributed by atoms with van der Waals surface area (Å²) in [6, 6.07) is 2.40. The van der Waals surface area contributed by atoms with E-state index in [4.69, 9.17) is 11.6 Å². The maximum atomic E-state index is 14.2. The highest BCUT2D eigenvalue weighted by atomic mass is 35.5. The third-order valence-corrected chi connectivity index (χ3v) is 3.93. The van der Waals surface area contributed by atoms with Gasteiger partial charge in [0.1, 0.15) is 11.3 Å². The number of carbonyl (C=O) groups is 1. The molecule has 0 spiro atoms. The zero-order valence-electron chi connectivity index (χ0n) is 11.2. The van der Waals surface area contributed by atoms with Crippen LogP contribution in [0.25, 0.3) is 11.0 Å². The lowest BCUT2D eigenvalue weighted by Crippen LogP contribution is -2.36. The minimum atomic E-state index is -0.905. The number of aryl methyl sites for hydroxylation is 1. The number of halogens is 3. The predicted molar refractivity (Wildman–Crippen MR) is 75.4 cm³/mol. The Morgan fingerprint density at radius 2 is 2.24 bits per heavy atom. The molecule has 0 radical (unpaired) electrons. The summed E-state index contributed by atoms with van der Waals surface area (Å²) in [7, 11) is 0. The lowest BCUT2D eigenvalue weighted by molar-refractivity contribution is -0.122. The van der Waals surface area contributed by atoms with Crippen molar-refractivity contribution in [3.63, 3.8) is 0 Å². The molecule has 2 heterocycles. The summed E-state index contributed by atoms with van der Waals surface area (Å²) in [6.45, 7) is 0.384. The first-order valence-electron chi connectivity index (χ1n) is 6.79. The van der Waals surface area contributed by atoms with Crippen LogP contribution in [0.4, 0.5) is 8.78 Å². The molecule has 1 aromatic carbocycles. The number of carbonyl (C=O) groups excluding carboxylic acids is 1. The van der Waals surface area contributed by atoms with Crippen molar-refractivity contribution in [2.75, 3.05) is 12.4 Å². The number of aromatic nitrogens is 2. The first-order valence-corrected chi connectivity index (χ1v) is 7.32. The summed E-state index contributed by atoms with van der Waals surface area (Å²) < 4.78 is 29.4. The van der Waals surface area contributed by atoms with Crippen molar-refractivity contribution < 1.29 is 13.6 Å². The smallest absolute Gasteiger partial charge is 0.220 e. The molecule has 21 heavy (non-hydrogen) atoms. The maximum absolute atomic E-state index is 14.2. The van der Waals surface area contributed by atoms with Gasteiger partial charge in [0.05, 0.1) is 11.6 Å². The van der Waals surface area contributed by atoms with Crippen LogP contribution in [-0.2, 0) is 11.2 Å². The summed E-state index contributed by atoms with van der Waals surface area (Å²) in [5, 5.41) is 2.75. The molecule has 3 rings (SSSR count). The van der Waals surface area contributed by atoms with Crippen molar-refractivity contribution in [3.05, 3.63) is 29.6 Å². The number of hydrogen-bond acceptors (Lipinski definition) is 2. The highest BCUT2D eigenvalue weighted by Crippen LogP contribution is 2.29. The molecule has 7 heteroatoms. The number of nitrogens with zero attached hydrogens (tertiary/aromatic N) is 2. The molecule has 0 aliphatic carbocycles. The summed E-state index contributed by atoms with van der Waals surface area (Å²) >= 11 is 5.78. The van der Waals surface area contributed by atoms with E-state index < -0.39 is 11.6 Å². The van der Waals surface area contributed by atoms with Crippen LogP contribution in [0.3, 0.4) is 0 Å². The van der Waals surface area contributed by atoms with E-state index in [9.17, 15) is 13.6 Å². The summed E-state index contributed by atoms with van der Waals surface area (Å²) in [4.78, 5) is 15.6. The van der Waals surface area contributed by atoms with Crippen LogP contribution in [-0.4, -0.2) is 27.9 Å². The van der Waals surface area contributed by atoms with E-state index in [1.54, 1.807) is 4.57 Å². The Balaban J connectivity index is 2.15. The number of benzene rings is 1. The summed E-state index contributed by atoms with van der Waals surface area (Å²) in [5.41, 5.74) is 0.558. The van der Waals surface area contributed by atoms with E-state index in [0.29, 0.717) is 43.0 Å². The largest absolute Gasteiger partial charge is 0.354 e. The van der Waals surface area contributed by atoms with Gasteiger partial charge in [0.15, 0.2) is 11.6 Å². The van der Waals surface area contributed by atoms with Crippen LogP contribution in [0.1, 0.15) is 24.7 Å². The minimum Gasteiger partial charge on any atom is -0.354 e. The molecule has 1 atom stereocenters. The van der Waals surface area contributed by atoms with Crippen LogP contribution in [0.2, 0.25) is 0 Å². The fraction of sp³-hybridized carbons (Fsp3) is 0.429. The van der Waals surface area contributed by atoms with E-state index in [2.05, 4.69) is 10.3 Å². The van der Waals surface area contributed by atoms with Gasteiger partial charge >= 0.3 is 0 Å². The first-order chi connectivity index (χ1) is 10.1. The van der Waals surface area contributed by atoms with E-state index >= 15 is 0 Å². The average molecular weight is 314 g/mol. The summed E-state index contributed by atoms with van der Waals surface area (Å²) in [5.74, 6) is -0.877. The molecule has 0 saturated carbocycles. The maximum Gasteiger partial charge on any atom is 0.220 e. The Bertz CT molecular complexity index is 691. The van der Waals surface area contributed by atoms with Crippen molar-refractivity contribution >= 4 is 28.5 Å². The van der Waals surface area contributed by atoms with Crippen LogP contribution in [0.5, 0.6) is 0 Å². The van der Waals surface area contributed by atoms with Gasteiger partial charge in [-0.25, -0.2) is 13.8 Å². The van der Waals surface area contributed by atoms with Crippen molar-refractivity contribution in [2.24, 2.45) is 0 Å². The van der Waals surface area contributed by atoms with Crippen molar-refractivity contribution in [1.82, 2.24) is 14.9 Å². The van der Waals surface area contributed by atoms with Gasteiger partial charge in [-0.2, -0.15) is 0 Å². The SMILES string of the molecule is O=C1CCC(n2c(CCCl)nc3ccc(F)c(F)c32)CN1. The van der Waals surface area contributed by atoms with Gasteiger partial charge < -0.3 is 9.88 Å². The van der Waals surface area contributed by atoms with Crippen LogP contribution in [0.15, 0.2) is 12.1 Å². The van der Waals surface area contributed by atoms with Crippen LogP contribution >= 0.6 is 11.6 Å². The molecule has 1 aromatic heterocycles. The second-order valence-corrected chi connectivity index (χ2v) is 5.44. The van der Waals surface area contributed by atoms with Gasteiger partial charge in [-0.05, 0) is 18.6 Å². The Morgan fingerprint density at radius 1 is 1.43 bits per heavy atom. The topological polar surface area (TPSA) is 46.9 Å². The third kappa shape index (κ3) is 2.48. The molecule has 1 saturated heterocycles. The normalized spacial score (nSPS) is 19.0. The fourth-order valence-corrected chi connectivity index (χ4v) is 2.93. The predicted octanol–water partition coefficient (Wildman–Crippen LogP) is 2.55. The molecule has 1 aliphatic rings. The van der Waals surface area contributed by atoms with Gasteiger partial charge in [0.25, 0.3) is 0 Å². The second kappa shape index (κ2) is 5.60. The Labute approximate surface area is 125 Å². The Kier molecular flexibility index (Phi) is 3.80. The number of rotatable bonds is 3. The molecule has 1 aliphatic heterocycles. The number of amides is 1. The third-order valence-electron chi connectivity index (χ3n) is 3.74.